The summed E-state index contributed by atoms with van der Waals surface area (Å²) in [5.74, 6) is 0.291. The molecular formula is C10H20N2O. The van der Waals surface area contributed by atoms with E-state index in [9.17, 15) is 4.79 Å². The van der Waals surface area contributed by atoms with Gasteiger partial charge in [-0.15, -0.1) is 0 Å². The molecule has 1 rings (SSSR count). The molecule has 0 aromatic heterocycles. The van der Waals surface area contributed by atoms with Crippen molar-refractivity contribution in [3.63, 3.8) is 0 Å². The lowest BCUT2D eigenvalue weighted by Gasteiger charge is -2.19. The van der Waals surface area contributed by atoms with Crippen LogP contribution in [0, 0.1) is 0 Å². The molecule has 3 heteroatoms. The van der Waals surface area contributed by atoms with Gasteiger partial charge in [0.05, 0.1) is 0 Å². The molecule has 0 saturated carbocycles. The summed E-state index contributed by atoms with van der Waals surface area (Å²) < 4.78 is 0. The van der Waals surface area contributed by atoms with E-state index in [0.717, 1.165) is 26.2 Å². The maximum atomic E-state index is 11.3. The van der Waals surface area contributed by atoms with Crippen LogP contribution in [0.2, 0.25) is 0 Å². The fourth-order valence-corrected chi connectivity index (χ4v) is 1.58. The Labute approximate surface area is 80.7 Å². The summed E-state index contributed by atoms with van der Waals surface area (Å²) in [4.78, 5) is 15.6. The topological polar surface area (TPSA) is 23.6 Å². The monoisotopic (exact) mass is 184 g/mol. The van der Waals surface area contributed by atoms with Crippen LogP contribution in [-0.4, -0.2) is 48.9 Å². The fraction of sp³-hybridized carbons (Fsp3) is 0.900. The summed E-state index contributed by atoms with van der Waals surface area (Å²) in [5.41, 5.74) is 0. The van der Waals surface area contributed by atoms with Crippen LogP contribution < -0.4 is 0 Å². The van der Waals surface area contributed by atoms with Crippen LogP contribution in [0.15, 0.2) is 0 Å². The van der Waals surface area contributed by atoms with Gasteiger partial charge in [0.25, 0.3) is 0 Å². The minimum absolute atomic E-state index is 0.291. The number of carbonyl (C=O) groups is 1. The zero-order valence-corrected chi connectivity index (χ0v) is 8.75. The Hall–Kier alpha value is -0.570. The van der Waals surface area contributed by atoms with Crippen molar-refractivity contribution >= 4 is 5.91 Å². The van der Waals surface area contributed by atoms with Crippen LogP contribution in [0.5, 0.6) is 0 Å². The minimum atomic E-state index is 0.291. The van der Waals surface area contributed by atoms with Crippen molar-refractivity contribution < 1.29 is 4.79 Å². The molecular weight excluding hydrogens is 164 g/mol. The average Bonchev–Trinajstić information content (AvgIpc) is 2.29. The van der Waals surface area contributed by atoms with E-state index in [1.165, 1.54) is 12.8 Å². The molecule has 1 saturated heterocycles. The number of unbranched alkanes of at least 4 members (excludes halogenated alkanes) is 1. The van der Waals surface area contributed by atoms with Gasteiger partial charge in [0.2, 0.25) is 5.91 Å². The van der Waals surface area contributed by atoms with E-state index in [0.29, 0.717) is 12.3 Å². The number of amides is 1. The highest BCUT2D eigenvalue weighted by atomic mass is 16.2. The van der Waals surface area contributed by atoms with Crippen LogP contribution in [0.3, 0.4) is 0 Å². The van der Waals surface area contributed by atoms with Crippen molar-refractivity contribution in [3.8, 4) is 0 Å². The number of likely N-dealkylation sites (N-methyl/N-ethyl adjacent to an activating group) is 1. The lowest BCUT2D eigenvalue weighted by atomic mass is 10.3. The second-order valence-corrected chi connectivity index (χ2v) is 3.76. The van der Waals surface area contributed by atoms with Crippen molar-refractivity contribution in [2.45, 2.75) is 26.2 Å². The fourth-order valence-electron chi connectivity index (χ4n) is 1.58. The Morgan fingerprint density at radius 1 is 1.31 bits per heavy atom. The van der Waals surface area contributed by atoms with E-state index in [4.69, 9.17) is 0 Å². The molecule has 13 heavy (non-hydrogen) atoms. The molecule has 0 bridgehead atoms. The molecule has 0 aliphatic carbocycles. The molecule has 0 spiro atoms. The standard InChI is InChI=1S/C10H20N2O/c1-3-4-6-12-7-5-10(13)11(2)8-9-12/h3-9H2,1-2H3. The van der Waals surface area contributed by atoms with Crippen molar-refractivity contribution in [2.24, 2.45) is 0 Å². The van der Waals surface area contributed by atoms with Crippen LogP contribution in [0.4, 0.5) is 0 Å². The Kier molecular flexibility index (Phi) is 4.22. The predicted octanol–water partition coefficient (Wildman–Crippen LogP) is 0.951. The Bertz CT molecular complexity index is 170. The first-order valence-corrected chi connectivity index (χ1v) is 5.20. The minimum Gasteiger partial charge on any atom is -0.344 e. The van der Waals surface area contributed by atoms with Crippen LogP contribution in [-0.2, 0) is 4.79 Å². The number of hydrogen-bond acceptors (Lipinski definition) is 2. The van der Waals surface area contributed by atoms with Crippen molar-refractivity contribution in [2.75, 3.05) is 33.2 Å². The number of rotatable bonds is 3. The van der Waals surface area contributed by atoms with Gasteiger partial charge in [0.1, 0.15) is 0 Å². The molecule has 0 radical (unpaired) electrons. The molecule has 0 unspecified atom stereocenters. The van der Waals surface area contributed by atoms with Crippen LogP contribution in [0.25, 0.3) is 0 Å². The molecule has 1 aliphatic heterocycles. The first-order chi connectivity index (χ1) is 6.24. The van der Waals surface area contributed by atoms with Crippen LogP contribution in [0.1, 0.15) is 26.2 Å². The SMILES string of the molecule is CCCCN1CCC(=O)N(C)CC1. The number of carbonyl (C=O) groups excluding carboxylic acids is 1. The lowest BCUT2D eigenvalue weighted by Crippen LogP contribution is -2.30. The summed E-state index contributed by atoms with van der Waals surface area (Å²) in [6.45, 7) is 6.24. The van der Waals surface area contributed by atoms with Gasteiger partial charge in [-0.3, -0.25) is 4.79 Å². The Morgan fingerprint density at radius 3 is 2.77 bits per heavy atom. The van der Waals surface area contributed by atoms with Crippen LogP contribution >= 0.6 is 0 Å². The Balaban J connectivity index is 2.31. The highest BCUT2D eigenvalue weighted by molar-refractivity contribution is 5.76. The second kappa shape index (κ2) is 5.22. The quantitative estimate of drug-likeness (QED) is 0.652. The van der Waals surface area contributed by atoms with E-state index in [-0.39, 0.29) is 0 Å². The number of nitrogens with zero attached hydrogens (tertiary/aromatic N) is 2. The molecule has 1 aliphatic rings. The zero-order chi connectivity index (χ0) is 9.68. The molecule has 0 aromatic carbocycles. The van der Waals surface area contributed by atoms with Gasteiger partial charge >= 0.3 is 0 Å². The molecule has 1 heterocycles. The third-order valence-corrected chi connectivity index (χ3v) is 2.65. The van der Waals surface area contributed by atoms with Crippen molar-refractivity contribution in [3.05, 3.63) is 0 Å². The lowest BCUT2D eigenvalue weighted by molar-refractivity contribution is -0.129. The van der Waals surface area contributed by atoms with E-state index < -0.39 is 0 Å². The van der Waals surface area contributed by atoms with Gasteiger partial charge < -0.3 is 9.80 Å². The highest BCUT2D eigenvalue weighted by Gasteiger charge is 2.16. The summed E-state index contributed by atoms with van der Waals surface area (Å²) in [5, 5.41) is 0. The molecule has 76 valence electrons. The van der Waals surface area contributed by atoms with Gasteiger partial charge in [0.15, 0.2) is 0 Å². The van der Waals surface area contributed by atoms with E-state index in [1.54, 1.807) is 0 Å². The largest absolute Gasteiger partial charge is 0.344 e. The molecule has 0 aromatic rings. The van der Waals surface area contributed by atoms with Gasteiger partial charge in [-0.05, 0) is 13.0 Å². The average molecular weight is 184 g/mol. The first-order valence-electron chi connectivity index (χ1n) is 5.20. The zero-order valence-electron chi connectivity index (χ0n) is 8.75. The van der Waals surface area contributed by atoms with Crippen molar-refractivity contribution in [1.82, 2.24) is 9.80 Å². The molecule has 0 N–H and O–H groups in total. The van der Waals surface area contributed by atoms with Crippen molar-refractivity contribution in [1.29, 1.82) is 0 Å². The maximum Gasteiger partial charge on any atom is 0.223 e. The number of hydrogen-bond donors (Lipinski definition) is 0. The normalized spacial score (nSPS) is 20.5. The first kappa shape index (κ1) is 10.5. The predicted molar refractivity (Wildman–Crippen MR) is 53.6 cm³/mol. The summed E-state index contributed by atoms with van der Waals surface area (Å²) in [6.07, 6.45) is 3.18. The van der Waals surface area contributed by atoms with E-state index >= 15 is 0 Å². The maximum absolute atomic E-state index is 11.3. The Morgan fingerprint density at radius 2 is 2.08 bits per heavy atom. The smallest absolute Gasteiger partial charge is 0.223 e. The van der Waals surface area contributed by atoms with Gasteiger partial charge in [-0.2, -0.15) is 0 Å². The third-order valence-electron chi connectivity index (χ3n) is 2.65. The molecule has 0 atom stereocenters. The molecule has 3 nitrogen and oxygen atoms in total. The van der Waals surface area contributed by atoms with E-state index in [1.807, 2.05) is 11.9 Å². The van der Waals surface area contributed by atoms with Gasteiger partial charge in [-0.25, -0.2) is 0 Å². The summed E-state index contributed by atoms with van der Waals surface area (Å²) >= 11 is 0. The highest BCUT2D eigenvalue weighted by Crippen LogP contribution is 2.03. The summed E-state index contributed by atoms with van der Waals surface area (Å²) in [6, 6.07) is 0. The van der Waals surface area contributed by atoms with Gasteiger partial charge in [0, 0.05) is 33.1 Å². The van der Waals surface area contributed by atoms with E-state index in [2.05, 4.69) is 11.8 Å². The second-order valence-electron chi connectivity index (χ2n) is 3.76. The summed E-state index contributed by atoms with van der Waals surface area (Å²) in [7, 11) is 1.89. The van der Waals surface area contributed by atoms with Gasteiger partial charge in [-0.1, -0.05) is 13.3 Å². The molecule has 1 fully saturated rings. The molecule has 1 amide bonds. The third kappa shape index (κ3) is 3.35.